The van der Waals surface area contributed by atoms with Gasteiger partial charge >= 0.3 is 0 Å². The van der Waals surface area contributed by atoms with Gasteiger partial charge in [0.2, 0.25) is 5.91 Å². The van der Waals surface area contributed by atoms with Gasteiger partial charge < -0.3 is 15.0 Å². The molecule has 0 radical (unpaired) electrons. The highest BCUT2D eigenvalue weighted by atomic mass is 35.5. The van der Waals surface area contributed by atoms with Crippen molar-refractivity contribution in [3.8, 4) is 22.7 Å². The first-order valence-electron chi connectivity index (χ1n) is 10.6. The van der Waals surface area contributed by atoms with Crippen LogP contribution in [-0.4, -0.2) is 47.3 Å². The number of halogens is 1. The van der Waals surface area contributed by atoms with Crippen LogP contribution in [0.1, 0.15) is 18.9 Å². The molecular weight excluding hydrogens is 412 g/mol. The molecular formula is C24H27ClN4O2. The molecule has 6 nitrogen and oxygen atoms in total. The van der Waals surface area contributed by atoms with Gasteiger partial charge in [0, 0.05) is 49.9 Å². The summed E-state index contributed by atoms with van der Waals surface area (Å²) < 4.78 is 7.13. The molecule has 2 heterocycles. The number of amides is 1. The van der Waals surface area contributed by atoms with Crippen molar-refractivity contribution in [2.45, 2.75) is 19.9 Å². The molecule has 1 aliphatic heterocycles. The van der Waals surface area contributed by atoms with Crippen molar-refractivity contribution in [3.05, 3.63) is 65.3 Å². The molecule has 0 bridgehead atoms. The molecule has 1 saturated heterocycles. The largest absolute Gasteiger partial charge is 0.497 e. The van der Waals surface area contributed by atoms with E-state index in [1.54, 1.807) is 7.11 Å². The summed E-state index contributed by atoms with van der Waals surface area (Å²) in [5, 5.41) is 9.04. The van der Waals surface area contributed by atoms with Crippen molar-refractivity contribution in [3.63, 3.8) is 0 Å². The van der Waals surface area contributed by atoms with E-state index in [2.05, 4.69) is 5.32 Å². The first-order chi connectivity index (χ1) is 15.1. The van der Waals surface area contributed by atoms with E-state index in [4.69, 9.17) is 21.4 Å². The maximum absolute atomic E-state index is 12.0. The second-order valence-corrected chi connectivity index (χ2v) is 8.17. The van der Waals surface area contributed by atoms with Crippen LogP contribution in [0.15, 0.2) is 54.7 Å². The van der Waals surface area contributed by atoms with Gasteiger partial charge in [-0.15, -0.1) is 0 Å². The monoisotopic (exact) mass is 438 g/mol. The first kappa shape index (κ1) is 21.4. The number of hydrogen-bond donors (Lipinski definition) is 1. The first-order valence-corrected chi connectivity index (χ1v) is 10.9. The fourth-order valence-corrected chi connectivity index (χ4v) is 4.22. The van der Waals surface area contributed by atoms with Gasteiger partial charge in [-0.2, -0.15) is 5.10 Å². The molecule has 0 unspecified atom stereocenters. The van der Waals surface area contributed by atoms with Gasteiger partial charge in [-0.1, -0.05) is 29.8 Å². The Hall–Kier alpha value is -2.83. The number of rotatable bonds is 8. The highest BCUT2D eigenvalue weighted by molar-refractivity contribution is 6.33. The number of nitrogens with zero attached hydrogens (tertiary/aromatic N) is 3. The van der Waals surface area contributed by atoms with Crippen LogP contribution in [0, 0.1) is 5.92 Å². The third-order valence-corrected chi connectivity index (χ3v) is 6.01. The molecule has 0 saturated carbocycles. The van der Waals surface area contributed by atoms with E-state index in [0.29, 0.717) is 23.9 Å². The number of benzene rings is 2. The molecule has 0 aliphatic carbocycles. The Morgan fingerprint density at radius 2 is 1.97 bits per heavy atom. The fraction of sp³-hybridized carbons (Fsp3) is 0.333. The van der Waals surface area contributed by atoms with Crippen molar-refractivity contribution in [2.24, 2.45) is 5.92 Å². The normalized spacial score (nSPS) is 16.2. The van der Waals surface area contributed by atoms with E-state index >= 15 is 0 Å². The lowest BCUT2D eigenvalue weighted by molar-refractivity contribution is -0.127. The van der Waals surface area contributed by atoms with Crippen molar-refractivity contribution < 1.29 is 9.53 Å². The Morgan fingerprint density at radius 3 is 2.65 bits per heavy atom. The number of aromatic nitrogens is 2. The SMILES string of the molecule is CCN1C[C@H](CNCc2cn(-c3ccc(OC)cc3)nc2-c2ccccc2Cl)CC1=O. The van der Waals surface area contributed by atoms with Crippen molar-refractivity contribution in [1.29, 1.82) is 0 Å². The molecule has 0 spiro atoms. The van der Waals surface area contributed by atoms with Crippen molar-refractivity contribution in [2.75, 3.05) is 26.7 Å². The minimum absolute atomic E-state index is 0.249. The fourth-order valence-electron chi connectivity index (χ4n) is 3.99. The zero-order chi connectivity index (χ0) is 21.8. The van der Waals surface area contributed by atoms with E-state index in [9.17, 15) is 4.79 Å². The molecule has 1 aliphatic rings. The summed E-state index contributed by atoms with van der Waals surface area (Å²) >= 11 is 6.48. The molecule has 1 amide bonds. The van der Waals surface area contributed by atoms with Crippen LogP contribution in [0.3, 0.4) is 0 Å². The van der Waals surface area contributed by atoms with Gasteiger partial charge in [-0.05, 0) is 43.2 Å². The summed E-state index contributed by atoms with van der Waals surface area (Å²) in [4.78, 5) is 13.9. The van der Waals surface area contributed by atoms with Crippen LogP contribution in [0.4, 0.5) is 0 Å². The summed E-state index contributed by atoms with van der Waals surface area (Å²) in [6, 6.07) is 15.5. The zero-order valence-electron chi connectivity index (χ0n) is 17.8. The average molecular weight is 439 g/mol. The van der Waals surface area contributed by atoms with Gasteiger partial charge in [0.25, 0.3) is 0 Å². The number of carbonyl (C=O) groups excluding carboxylic acids is 1. The van der Waals surface area contributed by atoms with Gasteiger partial charge in [0.15, 0.2) is 0 Å². The molecule has 1 fully saturated rings. The van der Waals surface area contributed by atoms with Gasteiger partial charge in [0.1, 0.15) is 5.75 Å². The Labute approximate surface area is 187 Å². The third kappa shape index (κ3) is 4.75. The smallest absolute Gasteiger partial charge is 0.222 e. The Morgan fingerprint density at radius 1 is 1.19 bits per heavy atom. The van der Waals surface area contributed by atoms with E-state index < -0.39 is 0 Å². The lowest BCUT2D eigenvalue weighted by Crippen LogP contribution is -2.27. The topological polar surface area (TPSA) is 59.4 Å². The predicted octanol–water partition coefficient (Wildman–Crippen LogP) is 4.16. The minimum atomic E-state index is 0.249. The molecule has 4 rings (SSSR count). The molecule has 1 atom stereocenters. The zero-order valence-corrected chi connectivity index (χ0v) is 18.6. The summed E-state index contributed by atoms with van der Waals surface area (Å²) in [5.41, 5.74) is 3.76. The minimum Gasteiger partial charge on any atom is -0.497 e. The summed E-state index contributed by atoms with van der Waals surface area (Å²) in [6.07, 6.45) is 2.65. The van der Waals surface area contributed by atoms with Gasteiger partial charge in [0.05, 0.1) is 23.5 Å². The molecule has 31 heavy (non-hydrogen) atoms. The molecule has 2 aromatic carbocycles. The number of nitrogens with one attached hydrogen (secondary N) is 1. The second-order valence-electron chi connectivity index (χ2n) is 7.76. The third-order valence-electron chi connectivity index (χ3n) is 5.68. The highest BCUT2D eigenvalue weighted by Crippen LogP contribution is 2.30. The standard InChI is InChI=1S/C24H27ClN4O2/c1-3-28-15-17(12-23(28)30)13-26-14-18-16-29(19-8-10-20(31-2)11-9-19)27-24(18)21-6-4-5-7-22(21)25/h4-11,16-17,26H,3,12-15H2,1-2H3/t17-/m0/s1. The average Bonchev–Trinajstić information content (AvgIpc) is 3.37. The highest BCUT2D eigenvalue weighted by Gasteiger charge is 2.28. The number of ether oxygens (including phenoxy) is 1. The van der Waals surface area contributed by atoms with Gasteiger partial charge in [-0.25, -0.2) is 4.68 Å². The van der Waals surface area contributed by atoms with E-state index in [0.717, 1.165) is 47.9 Å². The van der Waals surface area contributed by atoms with Crippen molar-refractivity contribution >= 4 is 17.5 Å². The van der Waals surface area contributed by atoms with Crippen LogP contribution >= 0.6 is 11.6 Å². The van der Waals surface area contributed by atoms with Crippen LogP contribution < -0.4 is 10.1 Å². The number of carbonyl (C=O) groups is 1. The molecule has 162 valence electrons. The maximum atomic E-state index is 12.0. The van der Waals surface area contributed by atoms with E-state index in [-0.39, 0.29) is 5.91 Å². The Bertz CT molecular complexity index is 1050. The number of hydrogen-bond acceptors (Lipinski definition) is 4. The van der Waals surface area contributed by atoms with Crippen LogP contribution in [0.25, 0.3) is 16.9 Å². The van der Waals surface area contributed by atoms with Gasteiger partial charge in [-0.3, -0.25) is 4.79 Å². The van der Waals surface area contributed by atoms with Crippen LogP contribution in [-0.2, 0) is 11.3 Å². The lowest BCUT2D eigenvalue weighted by atomic mass is 10.1. The lowest BCUT2D eigenvalue weighted by Gasteiger charge is -2.14. The predicted molar refractivity (Wildman–Crippen MR) is 123 cm³/mol. The van der Waals surface area contributed by atoms with E-state index in [1.807, 2.05) is 71.2 Å². The summed E-state index contributed by atoms with van der Waals surface area (Å²) in [5.74, 6) is 1.39. The quantitative estimate of drug-likeness (QED) is 0.573. The summed E-state index contributed by atoms with van der Waals surface area (Å²) in [7, 11) is 1.65. The molecule has 1 N–H and O–H groups in total. The number of methoxy groups -OCH3 is 1. The Balaban J connectivity index is 1.55. The molecule has 7 heteroatoms. The maximum Gasteiger partial charge on any atom is 0.222 e. The van der Waals surface area contributed by atoms with E-state index in [1.165, 1.54) is 0 Å². The number of likely N-dealkylation sites (tertiary alicyclic amines) is 1. The summed E-state index contributed by atoms with van der Waals surface area (Å²) in [6.45, 7) is 5.06. The van der Waals surface area contributed by atoms with Crippen molar-refractivity contribution in [1.82, 2.24) is 20.0 Å². The molecule has 3 aromatic rings. The Kier molecular flexibility index (Phi) is 6.59. The molecule has 1 aromatic heterocycles. The second kappa shape index (κ2) is 9.54. The van der Waals surface area contributed by atoms with Crippen LogP contribution in [0.5, 0.6) is 5.75 Å². The van der Waals surface area contributed by atoms with Crippen LogP contribution in [0.2, 0.25) is 5.02 Å².